The summed E-state index contributed by atoms with van der Waals surface area (Å²) in [6, 6.07) is 3.69. The molecule has 0 amide bonds. The van der Waals surface area contributed by atoms with E-state index in [-0.39, 0.29) is 39.8 Å². The summed E-state index contributed by atoms with van der Waals surface area (Å²) in [5.74, 6) is 1.54. The van der Waals surface area contributed by atoms with Gasteiger partial charge < -0.3 is 29.6 Å². The van der Waals surface area contributed by atoms with Crippen LogP contribution >= 0.6 is 11.6 Å². The fourth-order valence-corrected chi connectivity index (χ4v) is 5.32. The number of rotatable bonds is 8. The fraction of sp³-hybridized carbons (Fsp3) is 0.333. The van der Waals surface area contributed by atoms with E-state index in [9.17, 15) is 13.2 Å². The van der Waals surface area contributed by atoms with Gasteiger partial charge in [0.1, 0.15) is 22.9 Å². The van der Waals surface area contributed by atoms with E-state index in [2.05, 4.69) is 35.6 Å². The van der Waals surface area contributed by atoms with Crippen LogP contribution in [0.15, 0.2) is 43.0 Å². The fourth-order valence-electron chi connectivity index (χ4n) is 5.02. The average molecular weight is 602 g/mol. The quantitative estimate of drug-likeness (QED) is 0.230. The molecular formula is C27H27ClF3N9O2. The third-order valence-corrected chi connectivity index (χ3v) is 7.63. The Morgan fingerprint density at radius 1 is 1.10 bits per heavy atom. The Hall–Kier alpha value is -4.30. The summed E-state index contributed by atoms with van der Waals surface area (Å²) in [6.07, 6.45) is 3.65. The number of aryl methyl sites for hydroxylation is 1. The Kier molecular flexibility index (Phi) is 7.19. The van der Waals surface area contributed by atoms with Gasteiger partial charge in [0.05, 0.1) is 18.0 Å². The van der Waals surface area contributed by atoms with E-state index in [0.717, 1.165) is 31.5 Å². The molecule has 5 heterocycles. The van der Waals surface area contributed by atoms with Crippen LogP contribution in [0.3, 0.4) is 0 Å². The van der Waals surface area contributed by atoms with Crippen molar-refractivity contribution in [1.29, 1.82) is 0 Å². The van der Waals surface area contributed by atoms with Crippen LogP contribution in [0, 0.1) is 0 Å². The number of anilines is 3. The van der Waals surface area contributed by atoms with Crippen LogP contribution in [0.25, 0.3) is 16.7 Å². The maximum Gasteiger partial charge on any atom is 0.416 e. The molecule has 1 aromatic carbocycles. The minimum absolute atomic E-state index is 0.113. The van der Waals surface area contributed by atoms with Crippen LogP contribution in [-0.4, -0.2) is 67.3 Å². The summed E-state index contributed by atoms with van der Waals surface area (Å²) in [4.78, 5) is 15.3. The summed E-state index contributed by atoms with van der Waals surface area (Å²) in [7, 11) is 5.39. The van der Waals surface area contributed by atoms with Crippen molar-refractivity contribution in [3.05, 3.63) is 53.6 Å². The molecule has 1 fully saturated rings. The highest BCUT2D eigenvalue weighted by Crippen LogP contribution is 2.39. The number of nitrogens with one attached hydrogen (secondary N) is 2. The first-order valence-corrected chi connectivity index (χ1v) is 13.5. The highest BCUT2D eigenvalue weighted by molar-refractivity contribution is 6.36. The summed E-state index contributed by atoms with van der Waals surface area (Å²) in [5, 5.41) is 10.5. The van der Waals surface area contributed by atoms with Crippen LogP contribution in [0.2, 0.25) is 5.02 Å². The molecule has 1 aliphatic heterocycles. The number of ether oxygens (including phenoxy) is 2. The second-order valence-electron chi connectivity index (χ2n) is 9.99. The molecule has 1 saturated heterocycles. The van der Waals surface area contributed by atoms with Crippen LogP contribution in [-0.2, 0) is 13.2 Å². The lowest BCUT2D eigenvalue weighted by molar-refractivity contribution is -0.137. The molecule has 0 spiro atoms. The number of nitrogens with zero attached hydrogens (tertiary/aromatic N) is 7. The van der Waals surface area contributed by atoms with Crippen molar-refractivity contribution >= 4 is 45.7 Å². The zero-order chi connectivity index (χ0) is 29.6. The van der Waals surface area contributed by atoms with Crippen molar-refractivity contribution in [2.45, 2.75) is 25.1 Å². The lowest BCUT2D eigenvalue weighted by Gasteiger charge is -2.20. The Morgan fingerprint density at radius 3 is 2.67 bits per heavy atom. The first-order chi connectivity index (χ1) is 20.1. The smallest absolute Gasteiger partial charge is 0.416 e. The van der Waals surface area contributed by atoms with Gasteiger partial charge in [0.2, 0.25) is 5.95 Å². The van der Waals surface area contributed by atoms with E-state index in [1.165, 1.54) is 18.5 Å². The van der Waals surface area contributed by atoms with Gasteiger partial charge in [0.25, 0.3) is 0 Å². The van der Waals surface area contributed by atoms with Crippen molar-refractivity contribution in [1.82, 2.24) is 34.0 Å². The van der Waals surface area contributed by atoms with Gasteiger partial charge in [-0.25, -0.2) is 14.5 Å². The summed E-state index contributed by atoms with van der Waals surface area (Å²) < 4.78 is 56.4. The van der Waals surface area contributed by atoms with E-state index in [1.54, 1.807) is 35.6 Å². The van der Waals surface area contributed by atoms with Crippen molar-refractivity contribution in [2.24, 2.45) is 7.05 Å². The van der Waals surface area contributed by atoms with Gasteiger partial charge >= 0.3 is 6.18 Å². The lowest BCUT2D eigenvalue weighted by atomic mass is 10.1. The number of likely N-dealkylation sites (tertiary alicyclic amines) is 1. The van der Waals surface area contributed by atoms with Crippen molar-refractivity contribution in [3.63, 3.8) is 0 Å². The molecule has 220 valence electrons. The molecule has 0 saturated carbocycles. The number of imidazole rings is 1. The number of likely N-dealkylation sites (N-methyl/N-ethyl adjacent to an activating group) is 1. The Bertz CT molecular complexity index is 1770. The van der Waals surface area contributed by atoms with Crippen molar-refractivity contribution in [3.8, 4) is 17.2 Å². The number of fused-ring (bicyclic) bond motifs is 2. The third kappa shape index (κ3) is 5.23. The Morgan fingerprint density at radius 2 is 1.93 bits per heavy atom. The van der Waals surface area contributed by atoms with Crippen LogP contribution < -0.4 is 20.1 Å². The Balaban J connectivity index is 1.30. The van der Waals surface area contributed by atoms with Gasteiger partial charge in [-0.1, -0.05) is 11.6 Å². The number of pyridine rings is 1. The molecule has 0 radical (unpaired) electrons. The molecule has 2 N–H and O–H groups in total. The molecule has 6 rings (SSSR count). The Labute approximate surface area is 243 Å². The second kappa shape index (κ2) is 10.8. The van der Waals surface area contributed by atoms with E-state index < -0.39 is 11.7 Å². The number of hydrogen-bond acceptors (Lipinski definition) is 9. The highest BCUT2D eigenvalue weighted by Gasteiger charge is 2.32. The summed E-state index contributed by atoms with van der Waals surface area (Å²) >= 11 is 6.75. The number of alkyl halides is 3. The van der Waals surface area contributed by atoms with Crippen LogP contribution in [0.5, 0.6) is 17.2 Å². The topological polar surface area (TPSA) is 107 Å². The molecule has 0 aliphatic carbocycles. The summed E-state index contributed by atoms with van der Waals surface area (Å²) in [5.41, 5.74) is 0.627. The van der Waals surface area contributed by atoms with Gasteiger partial charge in [-0.15, -0.1) is 0 Å². The molecule has 0 bridgehead atoms. The van der Waals surface area contributed by atoms with Gasteiger partial charge in [-0.3, -0.25) is 0 Å². The van der Waals surface area contributed by atoms with Gasteiger partial charge in [-0.05, 0) is 38.6 Å². The lowest BCUT2D eigenvalue weighted by Crippen LogP contribution is -2.30. The predicted octanol–water partition coefficient (Wildman–Crippen LogP) is 5.73. The van der Waals surface area contributed by atoms with E-state index in [1.807, 2.05) is 7.05 Å². The molecule has 11 nitrogen and oxygen atoms in total. The van der Waals surface area contributed by atoms with E-state index >= 15 is 0 Å². The third-order valence-electron chi connectivity index (χ3n) is 7.26. The number of hydrogen-bond donors (Lipinski definition) is 2. The largest absolute Gasteiger partial charge is 0.492 e. The molecule has 42 heavy (non-hydrogen) atoms. The minimum atomic E-state index is -4.57. The maximum atomic E-state index is 13.8. The second-order valence-corrected chi connectivity index (χ2v) is 10.4. The average Bonchev–Trinajstić information content (AvgIpc) is 3.65. The predicted molar refractivity (Wildman–Crippen MR) is 152 cm³/mol. The van der Waals surface area contributed by atoms with Crippen molar-refractivity contribution < 1.29 is 22.6 Å². The van der Waals surface area contributed by atoms with E-state index in [0.29, 0.717) is 29.2 Å². The minimum Gasteiger partial charge on any atom is -0.492 e. The zero-order valence-electron chi connectivity index (χ0n) is 22.9. The summed E-state index contributed by atoms with van der Waals surface area (Å²) in [6.45, 7) is 1.23. The molecular weight excluding hydrogens is 575 g/mol. The van der Waals surface area contributed by atoms with E-state index in [4.69, 9.17) is 21.1 Å². The first kappa shape index (κ1) is 27.8. The zero-order valence-corrected chi connectivity index (χ0v) is 23.7. The molecule has 4 aromatic heterocycles. The van der Waals surface area contributed by atoms with Gasteiger partial charge in [-0.2, -0.15) is 23.3 Å². The highest BCUT2D eigenvalue weighted by atomic mass is 35.5. The standard InChI is InChI=1S/C27H27ClF3N9O2/c1-32-24-22-20(13-35-40(22)8-6-33-24)42-19-12-34-25-23(21(19)28)39(3)26(37-25)36-16-9-15(27(29,30)31)10-18(11-16)41-14-17-5-4-7-38(17)2/h6,8-13,17H,4-5,7,14H2,1-3H3,(H,32,33)(H,34,36,37). The van der Waals surface area contributed by atoms with Gasteiger partial charge in [0.15, 0.2) is 28.5 Å². The molecule has 1 aliphatic rings. The molecule has 5 aromatic rings. The maximum absolute atomic E-state index is 13.8. The number of benzene rings is 1. The molecule has 1 unspecified atom stereocenters. The normalized spacial score (nSPS) is 15.9. The van der Waals surface area contributed by atoms with Gasteiger partial charge in [0, 0.05) is 44.3 Å². The SMILES string of the molecule is CNc1nccn2ncc(Oc3cnc4nc(Nc5cc(OCC6CCCN6C)cc(C(F)(F)F)c5)n(C)c4c3Cl)c12. The van der Waals surface area contributed by atoms with Crippen LogP contribution in [0.1, 0.15) is 18.4 Å². The monoisotopic (exact) mass is 601 g/mol. The van der Waals surface area contributed by atoms with Crippen molar-refractivity contribution in [2.75, 3.05) is 37.9 Å². The molecule has 1 atom stereocenters. The molecule has 15 heteroatoms. The first-order valence-electron chi connectivity index (χ1n) is 13.1. The number of halogens is 4. The van der Waals surface area contributed by atoms with Crippen LogP contribution in [0.4, 0.5) is 30.6 Å². The number of aromatic nitrogens is 6.